The minimum absolute atomic E-state index is 0.188. The van der Waals surface area contributed by atoms with E-state index < -0.39 is 0 Å². The van der Waals surface area contributed by atoms with Crippen molar-refractivity contribution >= 4 is 11.6 Å². The van der Waals surface area contributed by atoms with Crippen LogP contribution in [0, 0.1) is 5.92 Å². The van der Waals surface area contributed by atoms with E-state index in [1.165, 1.54) is 0 Å². The number of halogens is 1. The average molecular weight is 256 g/mol. The van der Waals surface area contributed by atoms with Gasteiger partial charge in [-0.05, 0) is 50.9 Å². The summed E-state index contributed by atoms with van der Waals surface area (Å²) in [4.78, 5) is 2.34. The number of rotatable bonds is 3. The van der Waals surface area contributed by atoms with E-state index in [-0.39, 0.29) is 6.10 Å². The highest BCUT2D eigenvalue weighted by atomic mass is 35.5. The molecule has 1 aliphatic rings. The Morgan fingerprint density at radius 2 is 2.12 bits per heavy atom. The largest absolute Gasteiger partial charge is 0.393 e. The van der Waals surface area contributed by atoms with Gasteiger partial charge in [-0.15, -0.1) is 5.10 Å². The fraction of sp³-hybridized carbons (Fsp3) is 0.667. The Labute approximate surface area is 107 Å². The summed E-state index contributed by atoms with van der Waals surface area (Å²) in [6, 6.07) is 3.68. The van der Waals surface area contributed by atoms with Crippen molar-refractivity contribution in [3.8, 4) is 0 Å². The third-order valence-corrected chi connectivity index (χ3v) is 3.59. The maximum Gasteiger partial charge on any atom is 0.151 e. The lowest BCUT2D eigenvalue weighted by atomic mass is 9.92. The normalized spacial score (nSPS) is 20.4. The highest BCUT2D eigenvalue weighted by molar-refractivity contribution is 6.29. The number of aliphatic hydroxyl groups is 1. The van der Waals surface area contributed by atoms with Crippen molar-refractivity contribution < 1.29 is 5.11 Å². The SMILES string of the molecule is CC(O)C1CCN(Cc2ccc(Cl)nn2)CC1. The molecule has 1 aromatic rings. The topological polar surface area (TPSA) is 49.2 Å². The summed E-state index contributed by atoms with van der Waals surface area (Å²) in [6.45, 7) is 4.72. The van der Waals surface area contributed by atoms with Crippen molar-refractivity contribution in [2.45, 2.75) is 32.4 Å². The van der Waals surface area contributed by atoms with E-state index in [4.69, 9.17) is 11.6 Å². The van der Waals surface area contributed by atoms with Gasteiger partial charge in [0.05, 0.1) is 11.8 Å². The second-order valence-electron chi connectivity index (χ2n) is 4.70. The first-order valence-electron chi connectivity index (χ1n) is 6.03. The van der Waals surface area contributed by atoms with Gasteiger partial charge in [-0.2, -0.15) is 5.10 Å². The number of piperidine rings is 1. The lowest BCUT2D eigenvalue weighted by Gasteiger charge is -2.32. The zero-order valence-electron chi connectivity index (χ0n) is 10.0. The first kappa shape index (κ1) is 12.7. The third kappa shape index (κ3) is 3.63. The van der Waals surface area contributed by atoms with Crippen molar-refractivity contribution in [1.29, 1.82) is 0 Å². The van der Waals surface area contributed by atoms with E-state index in [1.807, 2.05) is 13.0 Å². The highest BCUT2D eigenvalue weighted by Crippen LogP contribution is 2.21. The Hall–Kier alpha value is -0.710. The fourth-order valence-electron chi connectivity index (χ4n) is 2.25. The smallest absolute Gasteiger partial charge is 0.151 e. The van der Waals surface area contributed by atoms with E-state index in [0.717, 1.165) is 38.2 Å². The minimum atomic E-state index is -0.188. The monoisotopic (exact) mass is 255 g/mol. The van der Waals surface area contributed by atoms with Gasteiger partial charge in [0.1, 0.15) is 0 Å². The summed E-state index contributed by atoms with van der Waals surface area (Å²) in [5.41, 5.74) is 0.949. The lowest BCUT2D eigenvalue weighted by Crippen LogP contribution is -2.36. The minimum Gasteiger partial charge on any atom is -0.393 e. The third-order valence-electron chi connectivity index (χ3n) is 3.39. The number of aromatic nitrogens is 2. The van der Waals surface area contributed by atoms with Crippen LogP contribution >= 0.6 is 11.6 Å². The van der Waals surface area contributed by atoms with Crippen LogP contribution in [0.1, 0.15) is 25.5 Å². The van der Waals surface area contributed by atoms with E-state index in [2.05, 4.69) is 15.1 Å². The van der Waals surface area contributed by atoms with E-state index >= 15 is 0 Å². The van der Waals surface area contributed by atoms with Crippen molar-refractivity contribution in [3.05, 3.63) is 23.0 Å². The van der Waals surface area contributed by atoms with Crippen LogP contribution in [0.2, 0.25) is 5.15 Å². The van der Waals surface area contributed by atoms with Crippen LogP contribution in [-0.4, -0.2) is 39.4 Å². The molecule has 94 valence electrons. The quantitative estimate of drug-likeness (QED) is 0.894. The standard InChI is InChI=1S/C12H18ClN3O/c1-9(17)10-4-6-16(7-5-10)8-11-2-3-12(13)15-14-11/h2-3,9-10,17H,4-8H2,1H3. The van der Waals surface area contributed by atoms with Gasteiger partial charge in [-0.1, -0.05) is 11.6 Å². The predicted octanol–water partition coefficient (Wildman–Crippen LogP) is 1.72. The van der Waals surface area contributed by atoms with E-state index in [1.54, 1.807) is 6.07 Å². The van der Waals surface area contributed by atoms with Crippen LogP contribution in [0.25, 0.3) is 0 Å². The molecular formula is C12H18ClN3O. The molecule has 1 unspecified atom stereocenters. The molecule has 2 heterocycles. The molecule has 1 aromatic heterocycles. The molecule has 0 aliphatic carbocycles. The summed E-state index contributed by atoms with van der Waals surface area (Å²) < 4.78 is 0. The van der Waals surface area contributed by atoms with Crippen molar-refractivity contribution in [3.63, 3.8) is 0 Å². The number of likely N-dealkylation sites (tertiary alicyclic amines) is 1. The van der Waals surface area contributed by atoms with Crippen LogP contribution in [-0.2, 0) is 6.54 Å². The molecule has 0 bridgehead atoms. The summed E-state index contributed by atoms with van der Waals surface area (Å²) >= 11 is 5.69. The van der Waals surface area contributed by atoms with Gasteiger partial charge in [0.15, 0.2) is 5.15 Å². The fourth-order valence-corrected chi connectivity index (χ4v) is 2.35. The average Bonchev–Trinajstić information content (AvgIpc) is 2.33. The Morgan fingerprint density at radius 1 is 1.41 bits per heavy atom. The molecule has 0 aromatic carbocycles. The van der Waals surface area contributed by atoms with Gasteiger partial charge in [-0.25, -0.2) is 0 Å². The first-order valence-corrected chi connectivity index (χ1v) is 6.41. The summed E-state index contributed by atoms with van der Waals surface area (Å²) in [5.74, 6) is 0.447. The Morgan fingerprint density at radius 3 is 2.65 bits per heavy atom. The van der Waals surface area contributed by atoms with Gasteiger partial charge >= 0.3 is 0 Å². The maximum atomic E-state index is 9.53. The molecule has 4 nitrogen and oxygen atoms in total. The predicted molar refractivity (Wildman–Crippen MR) is 66.7 cm³/mol. The number of aliphatic hydroxyl groups excluding tert-OH is 1. The molecule has 0 amide bonds. The van der Waals surface area contributed by atoms with Gasteiger partial charge < -0.3 is 5.11 Å². The summed E-state index contributed by atoms with van der Waals surface area (Å²) in [5, 5.41) is 17.9. The Bertz CT molecular complexity index is 347. The van der Waals surface area contributed by atoms with Crippen LogP contribution in [0.5, 0.6) is 0 Å². The molecule has 0 spiro atoms. The number of hydrogen-bond donors (Lipinski definition) is 1. The Kier molecular flexibility index (Phi) is 4.31. The molecule has 1 atom stereocenters. The van der Waals surface area contributed by atoms with E-state index in [9.17, 15) is 5.11 Å². The zero-order valence-corrected chi connectivity index (χ0v) is 10.8. The molecule has 1 saturated heterocycles. The molecular weight excluding hydrogens is 238 g/mol. The second kappa shape index (κ2) is 5.76. The van der Waals surface area contributed by atoms with Crippen molar-refractivity contribution in [1.82, 2.24) is 15.1 Å². The molecule has 1 fully saturated rings. The van der Waals surface area contributed by atoms with Gasteiger partial charge in [0.2, 0.25) is 0 Å². The molecule has 0 saturated carbocycles. The molecule has 1 aliphatic heterocycles. The molecule has 5 heteroatoms. The van der Waals surface area contributed by atoms with E-state index in [0.29, 0.717) is 11.1 Å². The van der Waals surface area contributed by atoms with Gasteiger partial charge in [-0.3, -0.25) is 4.90 Å². The van der Waals surface area contributed by atoms with Crippen molar-refractivity contribution in [2.75, 3.05) is 13.1 Å². The number of nitrogens with zero attached hydrogens (tertiary/aromatic N) is 3. The summed E-state index contributed by atoms with van der Waals surface area (Å²) in [6.07, 6.45) is 1.92. The highest BCUT2D eigenvalue weighted by Gasteiger charge is 2.22. The van der Waals surface area contributed by atoms with Crippen LogP contribution in [0.3, 0.4) is 0 Å². The molecule has 1 N–H and O–H groups in total. The summed E-state index contributed by atoms with van der Waals surface area (Å²) in [7, 11) is 0. The molecule has 2 rings (SSSR count). The van der Waals surface area contributed by atoms with Crippen molar-refractivity contribution in [2.24, 2.45) is 5.92 Å². The maximum absolute atomic E-state index is 9.53. The second-order valence-corrected chi connectivity index (χ2v) is 5.09. The van der Waals surface area contributed by atoms with Crippen LogP contribution in [0.15, 0.2) is 12.1 Å². The molecule has 0 radical (unpaired) electrons. The van der Waals surface area contributed by atoms with Gasteiger partial charge in [0, 0.05) is 6.54 Å². The Balaban J connectivity index is 1.84. The molecule has 17 heavy (non-hydrogen) atoms. The number of hydrogen-bond acceptors (Lipinski definition) is 4. The van der Waals surface area contributed by atoms with Crippen LogP contribution < -0.4 is 0 Å². The lowest BCUT2D eigenvalue weighted by molar-refractivity contribution is 0.0690. The first-order chi connectivity index (χ1) is 8.15. The van der Waals surface area contributed by atoms with Gasteiger partial charge in [0.25, 0.3) is 0 Å². The zero-order chi connectivity index (χ0) is 12.3. The van der Waals surface area contributed by atoms with Crippen LogP contribution in [0.4, 0.5) is 0 Å².